The molecule has 0 fully saturated rings. The molecule has 0 aliphatic heterocycles. The zero-order valence-electron chi connectivity index (χ0n) is 10.3. The highest BCUT2D eigenvalue weighted by Crippen LogP contribution is 2.13. The lowest BCUT2D eigenvalue weighted by Gasteiger charge is -2.28. The van der Waals surface area contributed by atoms with E-state index in [0.717, 1.165) is 13.1 Å². The van der Waals surface area contributed by atoms with Crippen LogP contribution in [0.4, 0.5) is 0 Å². The molecule has 86 valence electrons. The SMILES string of the molecule is CN=C(NC#N)NCC(C)(C)CN(C)C. The molecule has 0 aromatic rings. The van der Waals surface area contributed by atoms with Gasteiger partial charge in [0, 0.05) is 20.1 Å². The quantitative estimate of drug-likeness (QED) is 0.302. The van der Waals surface area contributed by atoms with Crippen LogP contribution in [0.3, 0.4) is 0 Å². The Bertz CT molecular complexity index is 249. The van der Waals surface area contributed by atoms with Gasteiger partial charge in [-0.05, 0) is 19.5 Å². The summed E-state index contributed by atoms with van der Waals surface area (Å²) in [6, 6.07) is 0. The second-order valence-corrected chi connectivity index (χ2v) is 4.56. The van der Waals surface area contributed by atoms with E-state index in [1.807, 2.05) is 20.3 Å². The Balaban J connectivity index is 4.08. The van der Waals surface area contributed by atoms with E-state index in [4.69, 9.17) is 5.26 Å². The molecule has 0 atom stereocenters. The van der Waals surface area contributed by atoms with Gasteiger partial charge in [0.05, 0.1) is 0 Å². The molecule has 15 heavy (non-hydrogen) atoms. The molecule has 0 aromatic carbocycles. The Kier molecular flexibility index (Phi) is 5.72. The standard InChI is InChI=1S/C10H21N5/c1-10(2,7-15(4)5)6-13-9(12-3)14-8-11/h6-7H2,1-5H3,(H2,12,13,14). The van der Waals surface area contributed by atoms with Gasteiger partial charge < -0.3 is 10.2 Å². The first kappa shape index (κ1) is 13.7. The van der Waals surface area contributed by atoms with Crippen molar-refractivity contribution >= 4 is 5.96 Å². The smallest absolute Gasteiger partial charge is 0.204 e. The summed E-state index contributed by atoms with van der Waals surface area (Å²) >= 11 is 0. The minimum Gasteiger partial charge on any atom is -0.355 e. The zero-order valence-corrected chi connectivity index (χ0v) is 10.3. The van der Waals surface area contributed by atoms with E-state index in [1.165, 1.54) is 0 Å². The molecule has 0 unspecified atom stereocenters. The van der Waals surface area contributed by atoms with Crippen molar-refractivity contribution in [1.82, 2.24) is 15.5 Å². The Labute approximate surface area is 92.2 Å². The van der Waals surface area contributed by atoms with Gasteiger partial charge in [-0.15, -0.1) is 0 Å². The summed E-state index contributed by atoms with van der Waals surface area (Å²) < 4.78 is 0. The van der Waals surface area contributed by atoms with Crippen LogP contribution >= 0.6 is 0 Å². The van der Waals surface area contributed by atoms with Crippen LogP contribution in [0.15, 0.2) is 4.99 Å². The van der Waals surface area contributed by atoms with Gasteiger partial charge in [0.25, 0.3) is 0 Å². The van der Waals surface area contributed by atoms with Crippen molar-refractivity contribution in [3.63, 3.8) is 0 Å². The molecule has 0 radical (unpaired) electrons. The second-order valence-electron chi connectivity index (χ2n) is 4.56. The minimum absolute atomic E-state index is 0.135. The van der Waals surface area contributed by atoms with Gasteiger partial charge >= 0.3 is 0 Å². The summed E-state index contributed by atoms with van der Waals surface area (Å²) in [5.74, 6) is 0.518. The molecule has 2 N–H and O–H groups in total. The van der Waals surface area contributed by atoms with E-state index in [9.17, 15) is 0 Å². The number of hydrogen-bond acceptors (Lipinski definition) is 3. The normalized spacial score (nSPS) is 12.5. The van der Waals surface area contributed by atoms with E-state index in [-0.39, 0.29) is 5.41 Å². The highest BCUT2D eigenvalue weighted by Gasteiger charge is 2.18. The summed E-state index contributed by atoms with van der Waals surface area (Å²) in [6.07, 6.45) is 1.84. The summed E-state index contributed by atoms with van der Waals surface area (Å²) in [5.41, 5.74) is 0.135. The monoisotopic (exact) mass is 211 g/mol. The molecule has 0 heterocycles. The predicted molar refractivity (Wildman–Crippen MR) is 62.4 cm³/mol. The molecule has 0 aliphatic carbocycles. The first-order valence-corrected chi connectivity index (χ1v) is 4.92. The van der Waals surface area contributed by atoms with Crippen LogP contribution in [-0.4, -0.2) is 45.1 Å². The average molecular weight is 211 g/mol. The van der Waals surface area contributed by atoms with Crippen molar-refractivity contribution in [3.05, 3.63) is 0 Å². The van der Waals surface area contributed by atoms with Gasteiger partial charge in [0.15, 0.2) is 6.19 Å². The van der Waals surface area contributed by atoms with Crippen LogP contribution in [0, 0.1) is 16.9 Å². The fourth-order valence-electron chi connectivity index (χ4n) is 1.47. The van der Waals surface area contributed by atoms with Crippen LogP contribution < -0.4 is 10.6 Å². The van der Waals surface area contributed by atoms with E-state index < -0.39 is 0 Å². The number of rotatable bonds is 4. The van der Waals surface area contributed by atoms with Crippen molar-refractivity contribution in [2.45, 2.75) is 13.8 Å². The molecule has 0 aromatic heterocycles. The average Bonchev–Trinajstić information content (AvgIpc) is 2.10. The third-order valence-electron chi connectivity index (χ3n) is 1.88. The molecule has 0 saturated heterocycles. The van der Waals surface area contributed by atoms with Crippen molar-refractivity contribution in [2.75, 3.05) is 34.2 Å². The Morgan fingerprint density at radius 1 is 1.47 bits per heavy atom. The summed E-state index contributed by atoms with van der Waals surface area (Å²) in [5, 5.41) is 14.0. The summed E-state index contributed by atoms with van der Waals surface area (Å²) in [7, 11) is 5.74. The number of guanidine groups is 1. The highest BCUT2D eigenvalue weighted by molar-refractivity contribution is 5.80. The zero-order chi connectivity index (χ0) is 11.9. The van der Waals surface area contributed by atoms with Gasteiger partial charge in [-0.3, -0.25) is 10.3 Å². The Morgan fingerprint density at radius 3 is 2.47 bits per heavy atom. The van der Waals surface area contributed by atoms with Crippen LogP contribution in [0.2, 0.25) is 0 Å². The van der Waals surface area contributed by atoms with E-state index in [0.29, 0.717) is 5.96 Å². The number of aliphatic imine (C=N–C) groups is 1. The van der Waals surface area contributed by atoms with Crippen molar-refractivity contribution in [2.24, 2.45) is 10.4 Å². The third kappa shape index (κ3) is 6.75. The molecular formula is C10H21N5. The van der Waals surface area contributed by atoms with Gasteiger partial charge in [0.2, 0.25) is 5.96 Å². The lowest BCUT2D eigenvalue weighted by Crippen LogP contribution is -2.43. The van der Waals surface area contributed by atoms with Crippen molar-refractivity contribution in [3.8, 4) is 6.19 Å². The molecular weight excluding hydrogens is 190 g/mol. The predicted octanol–water partition coefficient (Wildman–Crippen LogP) is 0.220. The molecule has 5 nitrogen and oxygen atoms in total. The largest absolute Gasteiger partial charge is 0.355 e. The number of nitrogens with one attached hydrogen (secondary N) is 2. The lowest BCUT2D eigenvalue weighted by molar-refractivity contribution is 0.241. The minimum atomic E-state index is 0.135. The van der Waals surface area contributed by atoms with Gasteiger partial charge in [-0.1, -0.05) is 13.8 Å². The summed E-state index contributed by atoms with van der Waals surface area (Å²) in [6.45, 7) is 6.08. The molecule has 0 spiro atoms. The number of hydrogen-bond donors (Lipinski definition) is 2. The molecule has 0 aliphatic rings. The van der Waals surface area contributed by atoms with Crippen LogP contribution in [0.5, 0.6) is 0 Å². The number of nitrogens with zero attached hydrogens (tertiary/aromatic N) is 3. The van der Waals surface area contributed by atoms with Crippen molar-refractivity contribution < 1.29 is 0 Å². The van der Waals surface area contributed by atoms with Crippen LogP contribution in [0.1, 0.15) is 13.8 Å². The van der Waals surface area contributed by atoms with Crippen molar-refractivity contribution in [1.29, 1.82) is 5.26 Å². The van der Waals surface area contributed by atoms with E-state index in [1.54, 1.807) is 7.05 Å². The maximum atomic E-state index is 8.45. The molecule has 0 bridgehead atoms. The Hall–Kier alpha value is -1.28. The second kappa shape index (κ2) is 6.25. The van der Waals surface area contributed by atoms with Crippen LogP contribution in [-0.2, 0) is 0 Å². The first-order chi connectivity index (χ1) is 6.91. The Morgan fingerprint density at radius 2 is 2.07 bits per heavy atom. The van der Waals surface area contributed by atoms with Crippen LogP contribution in [0.25, 0.3) is 0 Å². The van der Waals surface area contributed by atoms with E-state index in [2.05, 4.69) is 34.4 Å². The van der Waals surface area contributed by atoms with Gasteiger partial charge in [-0.25, -0.2) is 0 Å². The molecule has 5 heteroatoms. The topological polar surface area (TPSA) is 63.5 Å². The summed E-state index contributed by atoms with van der Waals surface area (Å²) in [4.78, 5) is 6.06. The maximum Gasteiger partial charge on any atom is 0.204 e. The maximum absolute atomic E-state index is 8.45. The fraction of sp³-hybridized carbons (Fsp3) is 0.800. The first-order valence-electron chi connectivity index (χ1n) is 4.92. The van der Waals surface area contributed by atoms with Gasteiger partial charge in [0.1, 0.15) is 0 Å². The molecule has 0 rings (SSSR count). The third-order valence-corrected chi connectivity index (χ3v) is 1.88. The van der Waals surface area contributed by atoms with E-state index >= 15 is 0 Å². The molecule has 0 amide bonds. The highest BCUT2D eigenvalue weighted by atomic mass is 15.2. The molecule has 0 saturated carbocycles. The lowest BCUT2D eigenvalue weighted by atomic mass is 9.93. The fourth-order valence-corrected chi connectivity index (χ4v) is 1.47. The van der Waals surface area contributed by atoms with Gasteiger partial charge in [-0.2, -0.15) is 5.26 Å². The number of nitriles is 1.